The molecule has 40 heavy (non-hydrogen) atoms. The van der Waals surface area contributed by atoms with Crippen molar-refractivity contribution >= 4 is 28.9 Å². The zero-order chi connectivity index (χ0) is 27.5. The number of benzene rings is 4. The van der Waals surface area contributed by atoms with Gasteiger partial charge in [-0.05, 0) is 48.4 Å². The minimum Gasteiger partial charge on any atom is -0.423 e. The molecule has 0 spiro atoms. The summed E-state index contributed by atoms with van der Waals surface area (Å²) in [4.78, 5) is 34.7. The lowest BCUT2D eigenvalue weighted by Crippen LogP contribution is -2.49. The highest BCUT2D eigenvalue weighted by Gasteiger charge is 2.28. The van der Waals surface area contributed by atoms with Gasteiger partial charge in [-0.1, -0.05) is 78.4 Å². The zero-order valence-corrected chi connectivity index (χ0v) is 22.3. The number of rotatable bonds is 6. The van der Waals surface area contributed by atoms with Gasteiger partial charge in [-0.25, -0.2) is 0 Å². The number of fused-ring (bicyclic) bond motifs is 1. The fraction of sp³-hybridized carbons (Fsp3) is 0.182. The molecule has 5 aromatic rings. The first-order valence-corrected chi connectivity index (χ1v) is 13.5. The number of nitrogens with one attached hydrogen (secondary N) is 1. The number of oxazole rings is 1. The Kier molecular flexibility index (Phi) is 7.12. The van der Waals surface area contributed by atoms with E-state index in [1.54, 1.807) is 30.3 Å². The summed E-state index contributed by atoms with van der Waals surface area (Å²) in [6.45, 7) is 4.75. The Morgan fingerprint density at radius 2 is 1.38 bits per heavy atom. The summed E-state index contributed by atoms with van der Waals surface area (Å²) in [5.74, 6) is -0.337. The van der Waals surface area contributed by atoms with E-state index < -0.39 is 0 Å². The maximum Gasteiger partial charge on any atom is 0.302 e. The van der Waals surface area contributed by atoms with Gasteiger partial charge >= 0.3 is 6.01 Å². The van der Waals surface area contributed by atoms with Gasteiger partial charge in [-0.15, -0.1) is 0 Å². The molecule has 1 N–H and O–H groups in total. The van der Waals surface area contributed by atoms with Crippen LogP contribution in [0.3, 0.4) is 0 Å². The van der Waals surface area contributed by atoms with Crippen LogP contribution >= 0.6 is 0 Å². The van der Waals surface area contributed by atoms with Gasteiger partial charge < -0.3 is 9.32 Å². The van der Waals surface area contributed by atoms with Crippen molar-refractivity contribution in [3.05, 3.63) is 131 Å². The van der Waals surface area contributed by atoms with E-state index in [4.69, 9.17) is 4.42 Å². The second-order valence-corrected chi connectivity index (χ2v) is 10.1. The number of piperazine rings is 1. The Hall–Kier alpha value is -4.75. The molecule has 1 aromatic heterocycles. The van der Waals surface area contributed by atoms with Gasteiger partial charge in [-0.2, -0.15) is 4.98 Å². The van der Waals surface area contributed by atoms with Gasteiger partial charge in [0, 0.05) is 37.3 Å². The van der Waals surface area contributed by atoms with Crippen LogP contribution in [0.25, 0.3) is 11.1 Å². The van der Waals surface area contributed by atoms with Crippen molar-refractivity contribution in [3.8, 4) is 0 Å². The first-order valence-electron chi connectivity index (χ1n) is 13.5. The molecule has 0 radical (unpaired) electrons. The predicted molar refractivity (Wildman–Crippen MR) is 155 cm³/mol. The van der Waals surface area contributed by atoms with Crippen LogP contribution in [-0.4, -0.2) is 52.8 Å². The first kappa shape index (κ1) is 25.5. The van der Waals surface area contributed by atoms with E-state index in [9.17, 15) is 9.59 Å². The summed E-state index contributed by atoms with van der Waals surface area (Å²) < 4.78 is 5.71. The van der Waals surface area contributed by atoms with Crippen molar-refractivity contribution in [3.63, 3.8) is 0 Å². The lowest BCUT2D eigenvalue weighted by atomic mass is 9.96. The van der Waals surface area contributed by atoms with Gasteiger partial charge in [0.15, 0.2) is 5.58 Å². The molecular weight excluding hydrogens is 500 g/mol. The summed E-state index contributed by atoms with van der Waals surface area (Å²) in [5.41, 5.74) is 5.67. The second kappa shape index (κ2) is 11.2. The monoisotopic (exact) mass is 530 g/mol. The fourth-order valence-corrected chi connectivity index (χ4v) is 5.24. The van der Waals surface area contributed by atoms with E-state index in [2.05, 4.69) is 63.7 Å². The number of anilines is 1. The third-order valence-corrected chi connectivity index (χ3v) is 7.37. The van der Waals surface area contributed by atoms with E-state index in [0.717, 1.165) is 18.7 Å². The van der Waals surface area contributed by atoms with E-state index >= 15 is 0 Å². The molecule has 1 aliphatic rings. The van der Waals surface area contributed by atoms with Crippen LogP contribution in [0.4, 0.5) is 6.01 Å². The van der Waals surface area contributed by atoms with E-state index in [1.807, 2.05) is 36.1 Å². The lowest BCUT2D eigenvalue weighted by Gasteiger charge is -2.39. The maximum absolute atomic E-state index is 13.4. The molecule has 2 heterocycles. The van der Waals surface area contributed by atoms with Gasteiger partial charge in [0.05, 0.1) is 6.04 Å². The third-order valence-electron chi connectivity index (χ3n) is 7.37. The van der Waals surface area contributed by atoms with Crippen LogP contribution in [0.15, 0.2) is 108 Å². The average molecular weight is 531 g/mol. The molecule has 0 aliphatic carbocycles. The van der Waals surface area contributed by atoms with Crippen molar-refractivity contribution in [1.82, 2.24) is 14.8 Å². The van der Waals surface area contributed by atoms with Crippen molar-refractivity contribution in [2.24, 2.45) is 0 Å². The number of carbonyl (C=O) groups is 2. The van der Waals surface area contributed by atoms with Crippen LogP contribution in [0, 0.1) is 6.92 Å². The molecule has 1 saturated heterocycles. The SMILES string of the molecule is Cc1ccc(C(=O)Nc2nc3cc(C(=O)N4CCN(C(c5ccccc5)c5ccccc5)CC4)ccc3o2)cc1. The molecule has 7 heteroatoms. The standard InChI is InChI=1S/C33H30N4O3/c1-23-12-14-26(15-13-23)31(38)35-33-34-28-22-27(16-17-29(28)40-33)32(39)37-20-18-36(19-21-37)30(24-8-4-2-5-9-24)25-10-6-3-7-11-25/h2-17,22,30H,18-21H2,1H3,(H,34,35,38). The summed E-state index contributed by atoms with van der Waals surface area (Å²) in [6, 6.07) is 33.8. The summed E-state index contributed by atoms with van der Waals surface area (Å²) >= 11 is 0. The molecule has 2 amide bonds. The Morgan fingerprint density at radius 1 is 0.775 bits per heavy atom. The molecule has 0 unspecified atom stereocenters. The molecule has 1 fully saturated rings. The quantitative estimate of drug-likeness (QED) is 0.294. The number of amides is 2. The smallest absolute Gasteiger partial charge is 0.302 e. The van der Waals surface area contributed by atoms with Crippen molar-refractivity contribution in [2.75, 3.05) is 31.5 Å². The Morgan fingerprint density at radius 3 is 2.00 bits per heavy atom. The topological polar surface area (TPSA) is 78.7 Å². The zero-order valence-electron chi connectivity index (χ0n) is 22.3. The maximum atomic E-state index is 13.4. The molecule has 0 saturated carbocycles. The molecule has 0 atom stereocenters. The minimum absolute atomic E-state index is 0.0363. The van der Waals surface area contributed by atoms with Crippen molar-refractivity contribution in [2.45, 2.75) is 13.0 Å². The predicted octanol–water partition coefficient (Wildman–Crippen LogP) is 5.94. The first-order chi connectivity index (χ1) is 19.5. The largest absolute Gasteiger partial charge is 0.423 e. The lowest BCUT2D eigenvalue weighted by molar-refractivity contribution is 0.0597. The van der Waals surface area contributed by atoms with Gasteiger partial charge in [0.25, 0.3) is 11.8 Å². The van der Waals surface area contributed by atoms with Gasteiger partial charge in [0.2, 0.25) is 0 Å². The third kappa shape index (κ3) is 5.37. The van der Waals surface area contributed by atoms with Crippen LogP contribution in [0.5, 0.6) is 0 Å². The molecule has 200 valence electrons. The summed E-state index contributed by atoms with van der Waals surface area (Å²) in [7, 11) is 0. The summed E-state index contributed by atoms with van der Waals surface area (Å²) in [6.07, 6.45) is 0. The number of hydrogen-bond acceptors (Lipinski definition) is 5. The molecule has 6 rings (SSSR count). The number of aryl methyl sites for hydroxylation is 1. The van der Waals surface area contributed by atoms with E-state index in [0.29, 0.717) is 35.3 Å². The Bertz CT molecular complexity index is 1580. The number of aromatic nitrogens is 1. The molecule has 1 aliphatic heterocycles. The number of nitrogens with zero attached hydrogens (tertiary/aromatic N) is 3. The fourth-order valence-electron chi connectivity index (χ4n) is 5.24. The van der Waals surface area contributed by atoms with E-state index in [1.165, 1.54) is 11.1 Å². The molecule has 0 bridgehead atoms. The van der Waals surface area contributed by atoms with Gasteiger partial charge in [0.1, 0.15) is 5.52 Å². The Labute approximate surface area is 233 Å². The number of carbonyl (C=O) groups excluding carboxylic acids is 2. The molecular formula is C33H30N4O3. The Balaban J connectivity index is 1.14. The highest BCUT2D eigenvalue weighted by atomic mass is 16.4. The highest BCUT2D eigenvalue weighted by Crippen LogP contribution is 2.30. The number of hydrogen-bond donors (Lipinski definition) is 1. The van der Waals surface area contributed by atoms with Crippen LogP contribution in [-0.2, 0) is 0 Å². The average Bonchev–Trinajstić information content (AvgIpc) is 3.40. The normalized spacial score (nSPS) is 14.0. The van der Waals surface area contributed by atoms with Crippen LogP contribution in [0.1, 0.15) is 43.4 Å². The van der Waals surface area contributed by atoms with Crippen molar-refractivity contribution < 1.29 is 14.0 Å². The highest BCUT2D eigenvalue weighted by molar-refractivity contribution is 6.03. The second-order valence-electron chi connectivity index (χ2n) is 10.1. The summed E-state index contributed by atoms with van der Waals surface area (Å²) in [5, 5.41) is 2.70. The van der Waals surface area contributed by atoms with Crippen LogP contribution in [0.2, 0.25) is 0 Å². The molecule has 4 aromatic carbocycles. The minimum atomic E-state index is -0.301. The van der Waals surface area contributed by atoms with E-state index in [-0.39, 0.29) is 23.9 Å². The van der Waals surface area contributed by atoms with Gasteiger partial charge in [-0.3, -0.25) is 19.8 Å². The van der Waals surface area contributed by atoms with Crippen molar-refractivity contribution in [1.29, 1.82) is 0 Å². The molecule has 7 nitrogen and oxygen atoms in total. The van der Waals surface area contributed by atoms with Crippen LogP contribution < -0.4 is 5.32 Å².